The van der Waals surface area contributed by atoms with Gasteiger partial charge in [0.25, 0.3) is 0 Å². The van der Waals surface area contributed by atoms with Crippen molar-refractivity contribution in [2.75, 3.05) is 0 Å². The van der Waals surface area contributed by atoms with Crippen molar-refractivity contribution in [3.8, 4) is 62.6 Å². The minimum atomic E-state index is -0.288. The Balaban J connectivity index is 1.43. The summed E-state index contributed by atoms with van der Waals surface area (Å²) in [4.78, 5) is 10.2. The third kappa shape index (κ3) is 4.64. The van der Waals surface area contributed by atoms with Gasteiger partial charge in [-0.1, -0.05) is 98.8 Å². The number of ether oxygens (including phenoxy) is 1. The smallest absolute Gasteiger partial charge is 0.160 e. The van der Waals surface area contributed by atoms with Crippen molar-refractivity contribution >= 4 is 0 Å². The average molecular weight is 570 g/mol. The van der Waals surface area contributed by atoms with Crippen molar-refractivity contribution in [1.29, 1.82) is 5.26 Å². The Morgan fingerprint density at radius 3 is 1.86 bits per heavy atom. The Morgan fingerprint density at radius 2 is 1.18 bits per heavy atom. The van der Waals surface area contributed by atoms with Crippen LogP contribution in [0.4, 0.5) is 0 Å². The van der Waals surface area contributed by atoms with Crippen molar-refractivity contribution < 1.29 is 4.74 Å². The first-order chi connectivity index (χ1) is 21.6. The van der Waals surface area contributed by atoms with Gasteiger partial charge in [0.2, 0.25) is 0 Å². The fraction of sp³-hybridized carbons (Fsp3) is 0.125. The van der Waals surface area contributed by atoms with Gasteiger partial charge in [-0.25, -0.2) is 9.97 Å². The van der Waals surface area contributed by atoms with Crippen LogP contribution in [-0.2, 0) is 5.41 Å². The van der Waals surface area contributed by atoms with Gasteiger partial charge in [0.15, 0.2) is 5.82 Å². The summed E-state index contributed by atoms with van der Waals surface area (Å²) in [5.41, 5.74) is 9.52. The normalized spacial score (nSPS) is 12.8. The van der Waals surface area contributed by atoms with Gasteiger partial charge in [0.1, 0.15) is 11.5 Å². The van der Waals surface area contributed by atoms with Gasteiger partial charge in [-0.3, -0.25) is 0 Å². The minimum absolute atomic E-state index is 0.288. The summed E-state index contributed by atoms with van der Waals surface area (Å²) in [5, 5.41) is 9.67. The molecule has 212 valence electrons. The van der Waals surface area contributed by atoms with E-state index in [1.54, 1.807) is 0 Å². The third-order valence-corrected chi connectivity index (χ3v) is 8.89. The van der Waals surface area contributed by atoms with Crippen molar-refractivity contribution in [3.05, 3.63) is 144 Å². The topological polar surface area (TPSA) is 58.8 Å². The molecule has 1 aromatic heterocycles. The van der Waals surface area contributed by atoms with Gasteiger partial charge in [-0.15, -0.1) is 0 Å². The van der Waals surface area contributed by atoms with E-state index in [1.807, 2.05) is 42.5 Å². The van der Waals surface area contributed by atoms with Gasteiger partial charge in [0, 0.05) is 33.2 Å². The maximum atomic E-state index is 9.67. The van der Waals surface area contributed by atoms with Crippen LogP contribution in [0.25, 0.3) is 45.0 Å². The van der Waals surface area contributed by atoms with Crippen LogP contribution in [0.1, 0.15) is 43.4 Å². The molecule has 4 nitrogen and oxygen atoms in total. The monoisotopic (exact) mass is 569 g/mol. The lowest BCUT2D eigenvalue weighted by molar-refractivity contribution is 0.375. The first-order valence-corrected chi connectivity index (χ1v) is 15.1. The van der Waals surface area contributed by atoms with E-state index in [9.17, 15) is 5.26 Å². The van der Waals surface area contributed by atoms with E-state index in [1.165, 1.54) is 0 Å². The molecule has 1 aliphatic rings. The van der Waals surface area contributed by atoms with Gasteiger partial charge < -0.3 is 4.74 Å². The lowest BCUT2D eigenvalue weighted by atomic mass is 9.68. The molecule has 2 heterocycles. The maximum Gasteiger partial charge on any atom is 0.160 e. The van der Waals surface area contributed by atoms with Crippen molar-refractivity contribution in [2.45, 2.75) is 32.1 Å². The zero-order chi connectivity index (χ0) is 30.1. The Kier molecular flexibility index (Phi) is 7.00. The summed E-state index contributed by atoms with van der Waals surface area (Å²) in [6, 6.07) is 45.5. The highest BCUT2D eigenvalue weighted by atomic mass is 16.5. The number of hydrogen-bond donors (Lipinski definition) is 0. The molecular weight excluding hydrogens is 538 g/mol. The van der Waals surface area contributed by atoms with Crippen molar-refractivity contribution in [1.82, 2.24) is 9.97 Å². The number of hydrogen-bond acceptors (Lipinski definition) is 4. The first-order valence-electron chi connectivity index (χ1n) is 15.1. The zero-order valence-electron chi connectivity index (χ0n) is 24.8. The van der Waals surface area contributed by atoms with Crippen LogP contribution < -0.4 is 4.74 Å². The lowest BCUT2D eigenvalue weighted by Gasteiger charge is -2.39. The second kappa shape index (κ2) is 11.3. The number of nitrogens with zero attached hydrogens (tertiary/aromatic N) is 3. The van der Waals surface area contributed by atoms with E-state index in [2.05, 4.69) is 105 Å². The highest BCUT2D eigenvalue weighted by Crippen LogP contribution is 2.52. The molecule has 1 aliphatic heterocycles. The summed E-state index contributed by atoms with van der Waals surface area (Å²) in [5.74, 6) is 2.35. The van der Waals surface area contributed by atoms with Crippen LogP contribution in [0.3, 0.4) is 0 Å². The standard InChI is InChI=1S/C40H31N3O/c1-3-40(4-2)33-23-27(26-41)19-21-37(33)44-38-22-20-30(24-34(38)40)35-25-36(43-39(42-35)29-15-9-6-10-16-29)32-18-12-11-17-31(32)28-13-7-5-8-14-28/h5-25H,3-4H2,1-2H3. The molecule has 0 atom stereocenters. The van der Waals surface area contributed by atoms with E-state index in [0.29, 0.717) is 11.4 Å². The van der Waals surface area contributed by atoms with Crippen molar-refractivity contribution in [3.63, 3.8) is 0 Å². The molecule has 0 unspecified atom stereocenters. The van der Waals surface area contributed by atoms with Gasteiger partial charge in [-0.2, -0.15) is 5.26 Å². The molecular formula is C40H31N3O. The second-order valence-corrected chi connectivity index (χ2v) is 11.2. The van der Waals surface area contributed by atoms with Crippen LogP contribution in [-0.4, -0.2) is 9.97 Å². The van der Waals surface area contributed by atoms with Crippen LogP contribution >= 0.6 is 0 Å². The Bertz CT molecular complexity index is 2020. The van der Waals surface area contributed by atoms with Crippen LogP contribution in [0.2, 0.25) is 0 Å². The van der Waals surface area contributed by atoms with Crippen LogP contribution in [0.5, 0.6) is 11.5 Å². The molecule has 0 aliphatic carbocycles. The first kappa shape index (κ1) is 27.3. The highest BCUT2D eigenvalue weighted by molar-refractivity contribution is 5.84. The van der Waals surface area contributed by atoms with E-state index in [0.717, 1.165) is 74.7 Å². The Labute approximate surface area is 258 Å². The summed E-state index contributed by atoms with van der Waals surface area (Å²) in [6.07, 6.45) is 1.75. The number of rotatable bonds is 6. The number of nitriles is 1. The SMILES string of the molecule is CCC1(CC)c2cc(C#N)ccc2Oc2ccc(-c3cc(-c4ccccc4-c4ccccc4)nc(-c4ccccc4)n3)cc21. The minimum Gasteiger partial charge on any atom is -0.457 e. The number of fused-ring (bicyclic) bond motifs is 2. The summed E-state index contributed by atoms with van der Waals surface area (Å²) < 4.78 is 6.44. The maximum absolute atomic E-state index is 9.67. The molecule has 0 saturated carbocycles. The Hall–Kier alpha value is -5.53. The zero-order valence-corrected chi connectivity index (χ0v) is 24.8. The Morgan fingerprint density at radius 1 is 0.591 bits per heavy atom. The fourth-order valence-corrected chi connectivity index (χ4v) is 6.52. The summed E-state index contributed by atoms with van der Waals surface area (Å²) >= 11 is 0. The molecule has 0 amide bonds. The fourth-order valence-electron chi connectivity index (χ4n) is 6.52. The second-order valence-electron chi connectivity index (χ2n) is 11.2. The molecule has 0 fully saturated rings. The van der Waals surface area contributed by atoms with Crippen molar-refractivity contribution in [2.24, 2.45) is 0 Å². The molecule has 0 spiro atoms. The molecule has 6 aromatic rings. The lowest BCUT2D eigenvalue weighted by Crippen LogP contribution is -2.30. The highest BCUT2D eigenvalue weighted by Gasteiger charge is 2.40. The van der Waals surface area contributed by atoms with Gasteiger partial charge in [-0.05, 0) is 66.4 Å². The third-order valence-electron chi connectivity index (χ3n) is 8.89. The molecule has 4 heteroatoms. The quantitative estimate of drug-likeness (QED) is 0.200. The molecule has 5 aromatic carbocycles. The van der Waals surface area contributed by atoms with Crippen LogP contribution in [0.15, 0.2) is 127 Å². The van der Waals surface area contributed by atoms with E-state index in [4.69, 9.17) is 14.7 Å². The molecule has 0 radical (unpaired) electrons. The number of benzene rings is 5. The molecule has 0 N–H and O–H groups in total. The van der Waals surface area contributed by atoms with E-state index < -0.39 is 0 Å². The van der Waals surface area contributed by atoms with E-state index >= 15 is 0 Å². The molecule has 7 rings (SSSR count). The molecule has 0 bridgehead atoms. The number of aromatic nitrogens is 2. The summed E-state index contributed by atoms with van der Waals surface area (Å²) in [7, 11) is 0. The van der Waals surface area contributed by atoms with E-state index in [-0.39, 0.29) is 5.41 Å². The molecule has 0 saturated heterocycles. The largest absolute Gasteiger partial charge is 0.457 e. The predicted octanol–water partition coefficient (Wildman–Crippen LogP) is 10.2. The molecule has 44 heavy (non-hydrogen) atoms. The van der Waals surface area contributed by atoms with Gasteiger partial charge in [0.05, 0.1) is 23.0 Å². The summed E-state index contributed by atoms with van der Waals surface area (Å²) in [6.45, 7) is 4.43. The van der Waals surface area contributed by atoms with Gasteiger partial charge >= 0.3 is 0 Å². The predicted molar refractivity (Wildman–Crippen MR) is 176 cm³/mol. The average Bonchev–Trinajstić information content (AvgIpc) is 3.11. The van der Waals surface area contributed by atoms with Crippen LogP contribution in [0, 0.1) is 11.3 Å².